The van der Waals surface area contributed by atoms with Gasteiger partial charge >= 0.3 is 6.03 Å². The maximum absolute atomic E-state index is 12.8. The third-order valence-corrected chi connectivity index (χ3v) is 4.98. The number of anilines is 2. The lowest BCUT2D eigenvalue weighted by Gasteiger charge is -2.22. The van der Waals surface area contributed by atoms with Gasteiger partial charge < -0.3 is 19.7 Å². The summed E-state index contributed by atoms with van der Waals surface area (Å²) in [4.78, 5) is 28.3. The molecule has 146 valence electrons. The lowest BCUT2D eigenvalue weighted by molar-refractivity contribution is -0.116. The van der Waals surface area contributed by atoms with Crippen molar-refractivity contribution in [1.82, 2.24) is 4.90 Å². The molecule has 8 heteroatoms. The van der Waals surface area contributed by atoms with E-state index in [4.69, 9.17) is 21.1 Å². The zero-order valence-electron chi connectivity index (χ0n) is 15.4. The molecule has 0 spiro atoms. The van der Waals surface area contributed by atoms with Gasteiger partial charge in [0.15, 0.2) is 11.5 Å². The van der Waals surface area contributed by atoms with Gasteiger partial charge in [0.2, 0.25) is 5.91 Å². The second-order valence-corrected chi connectivity index (χ2v) is 7.13. The van der Waals surface area contributed by atoms with E-state index in [0.29, 0.717) is 48.5 Å². The topological polar surface area (TPSA) is 71.1 Å². The second-order valence-electron chi connectivity index (χ2n) is 6.69. The summed E-state index contributed by atoms with van der Waals surface area (Å²) in [6.45, 7) is 3.84. The summed E-state index contributed by atoms with van der Waals surface area (Å²) in [5.74, 6) is 1.04. The first-order chi connectivity index (χ1) is 13.5. The first-order valence-electron chi connectivity index (χ1n) is 9.03. The van der Waals surface area contributed by atoms with Gasteiger partial charge in [0.1, 0.15) is 19.8 Å². The number of hydrogen-bond acceptors (Lipinski definition) is 4. The molecule has 28 heavy (non-hydrogen) atoms. The predicted octanol–water partition coefficient (Wildman–Crippen LogP) is 3.30. The van der Waals surface area contributed by atoms with Crippen molar-refractivity contribution in [3.8, 4) is 11.5 Å². The van der Waals surface area contributed by atoms with Crippen LogP contribution < -0.4 is 19.7 Å². The molecule has 0 atom stereocenters. The number of fused-ring (bicyclic) bond motifs is 1. The van der Waals surface area contributed by atoms with Crippen molar-refractivity contribution in [2.75, 3.05) is 43.1 Å². The van der Waals surface area contributed by atoms with E-state index < -0.39 is 0 Å². The van der Waals surface area contributed by atoms with E-state index in [1.165, 1.54) is 4.90 Å². The van der Waals surface area contributed by atoms with Gasteiger partial charge in [-0.15, -0.1) is 0 Å². The quantitative estimate of drug-likeness (QED) is 0.853. The SMILES string of the molecule is Cc1ccc(Cl)cc1NC(=O)CN1CCN(c2ccc3c(c2)OCCO3)C1=O. The minimum absolute atomic E-state index is 0.0220. The van der Waals surface area contributed by atoms with E-state index in [-0.39, 0.29) is 18.5 Å². The molecule has 2 heterocycles. The Hall–Kier alpha value is -2.93. The molecule has 4 rings (SSSR count). The highest BCUT2D eigenvalue weighted by atomic mass is 35.5. The molecule has 2 aromatic rings. The van der Waals surface area contributed by atoms with Crippen LogP contribution in [0.25, 0.3) is 0 Å². The molecule has 0 aromatic heterocycles. The van der Waals surface area contributed by atoms with Crippen LogP contribution in [0, 0.1) is 6.92 Å². The van der Waals surface area contributed by atoms with E-state index in [2.05, 4.69) is 5.32 Å². The number of halogens is 1. The van der Waals surface area contributed by atoms with Crippen LogP contribution in [-0.2, 0) is 4.79 Å². The average Bonchev–Trinajstić information content (AvgIpc) is 3.04. The molecule has 1 N–H and O–H groups in total. The number of amides is 3. The maximum atomic E-state index is 12.8. The zero-order chi connectivity index (χ0) is 19.7. The van der Waals surface area contributed by atoms with Crippen LogP contribution in [0.2, 0.25) is 5.02 Å². The number of hydrogen-bond donors (Lipinski definition) is 1. The van der Waals surface area contributed by atoms with Crippen molar-refractivity contribution < 1.29 is 19.1 Å². The minimum atomic E-state index is -0.261. The summed E-state index contributed by atoms with van der Waals surface area (Å²) < 4.78 is 11.1. The van der Waals surface area contributed by atoms with Gasteiger partial charge in [0, 0.05) is 35.6 Å². The number of aryl methyl sites for hydroxylation is 1. The van der Waals surface area contributed by atoms with Gasteiger partial charge in [-0.25, -0.2) is 4.79 Å². The fourth-order valence-electron chi connectivity index (χ4n) is 3.26. The van der Waals surface area contributed by atoms with E-state index in [0.717, 1.165) is 11.3 Å². The smallest absolute Gasteiger partial charge is 0.325 e. The highest BCUT2D eigenvalue weighted by molar-refractivity contribution is 6.31. The molecular weight excluding hydrogens is 382 g/mol. The largest absolute Gasteiger partial charge is 0.486 e. The molecule has 1 fully saturated rings. The third kappa shape index (κ3) is 3.71. The molecule has 0 bridgehead atoms. The van der Waals surface area contributed by atoms with E-state index in [1.54, 1.807) is 29.2 Å². The summed E-state index contributed by atoms with van der Waals surface area (Å²) in [5.41, 5.74) is 2.28. The molecule has 2 aliphatic rings. The maximum Gasteiger partial charge on any atom is 0.325 e. The first kappa shape index (κ1) is 18.4. The highest BCUT2D eigenvalue weighted by Crippen LogP contribution is 2.35. The zero-order valence-corrected chi connectivity index (χ0v) is 16.2. The van der Waals surface area contributed by atoms with Crippen LogP contribution in [0.15, 0.2) is 36.4 Å². The van der Waals surface area contributed by atoms with Crippen molar-refractivity contribution in [2.24, 2.45) is 0 Å². The van der Waals surface area contributed by atoms with Crippen LogP contribution in [0.1, 0.15) is 5.56 Å². The van der Waals surface area contributed by atoms with E-state index in [9.17, 15) is 9.59 Å². The highest BCUT2D eigenvalue weighted by Gasteiger charge is 2.31. The number of carbonyl (C=O) groups excluding carboxylic acids is 2. The summed E-state index contributed by atoms with van der Waals surface area (Å²) >= 11 is 5.99. The molecule has 3 amide bonds. The number of urea groups is 1. The predicted molar refractivity (Wildman–Crippen MR) is 107 cm³/mol. The van der Waals surface area contributed by atoms with Crippen molar-refractivity contribution in [2.45, 2.75) is 6.92 Å². The third-order valence-electron chi connectivity index (χ3n) is 4.74. The Morgan fingerprint density at radius 3 is 2.71 bits per heavy atom. The molecular formula is C20H20ClN3O4. The number of carbonyl (C=O) groups is 2. The molecule has 1 saturated heterocycles. The fraction of sp³-hybridized carbons (Fsp3) is 0.300. The Labute approximate surface area is 167 Å². The van der Waals surface area contributed by atoms with Gasteiger partial charge in [-0.05, 0) is 36.8 Å². The first-order valence-corrected chi connectivity index (χ1v) is 9.41. The Morgan fingerprint density at radius 2 is 1.89 bits per heavy atom. The number of ether oxygens (including phenoxy) is 2. The van der Waals surface area contributed by atoms with Gasteiger partial charge in [-0.2, -0.15) is 0 Å². The van der Waals surface area contributed by atoms with Crippen LogP contribution >= 0.6 is 11.6 Å². The lowest BCUT2D eigenvalue weighted by Crippen LogP contribution is -2.37. The molecule has 2 aromatic carbocycles. The number of nitrogens with zero attached hydrogens (tertiary/aromatic N) is 2. The molecule has 2 aliphatic heterocycles. The van der Waals surface area contributed by atoms with Gasteiger partial charge in [-0.1, -0.05) is 17.7 Å². The van der Waals surface area contributed by atoms with E-state index in [1.807, 2.05) is 19.1 Å². The molecule has 7 nitrogen and oxygen atoms in total. The van der Waals surface area contributed by atoms with Crippen LogP contribution in [0.4, 0.5) is 16.2 Å². The number of nitrogens with one attached hydrogen (secondary N) is 1. The molecule has 0 unspecified atom stereocenters. The number of rotatable bonds is 4. The Morgan fingerprint density at radius 1 is 1.11 bits per heavy atom. The Kier molecular flexibility index (Phi) is 5.00. The normalized spacial score (nSPS) is 15.7. The second kappa shape index (κ2) is 7.59. The minimum Gasteiger partial charge on any atom is -0.486 e. The summed E-state index contributed by atoms with van der Waals surface area (Å²) in [6.07, 6.45) is 0. The van der Waals surface area contributed by atoms with Crippen molar-refractivity contribution in [3.63, 3.8) is 0 Å². The monoisotopic (exact) mass is 401 g/mol. The van der Waals surface area contributed by atoms with Crippen LogP contribution in [0.3, 0.4) is 0 Å². The molecule has 0 radical (unpaired) electrons. The standard InChI is InChI=1S/C20H20ClN3O4/c1-13-2-3-14(21)10-16(13)22-19(25)12-23-6-7-24(20(23)26)15-4-5-17-18(11-15)28-9-8-27-17/h2-5,10-11H,6-9,12H2,1H3,(H,22,25). The fourth-order valence-corrected chi connectivity index (χ4v) is 3.43. The van der Waals surface area contributed by atoms with Crippen molar-refractivity contribution in [1.29, 1.82) is 0 Å². The summed E-state index contributed by atoms with van der Waals surface area (Å²) in [7, 11) is 0. The lowest BCUT2D eigenvalue weighted by atomic mass is 10.2. The summed E-state index contributed by atoms with van der Waals surface area (Å²) in [6, 6.07) is 10.5. The van der Waals surface area contributed by atoms with Crippen LogP contribution in [0.5, 0.6) is 11.5 Å². The Bertz CT molecular complexity index is 934. The van der Waals surface area contributed by atoms with Crippen LogP contribution in [-0.4, -0.2) is 49.7 Å². The van der Waals surface area contributed by atoms with Gasteiger partial charge in [0.05, 0.1) is 0 Å². The summed E-state index contributed by atoms with van der Waals surface area (Å²) in [5, 5.41) is 3.37. The molecule has 0 aliphatic carbocycles. The average molecular weight is 402 g/mol. The number of benzene rings is 2. The van der Waals surface area contributed by atoms with E-state index >= 15 is 0 Å². The van der Waals surface area contributed by atoms with Crippen molar-refractivity contribution in [3.05, 3.63) is 47.0 Å². The van der Waals surface area contributed by atoms with Gasteiger partial charge in [-0.3, -0.25) is 9.69 Å². The molecule has 0 saturated carbocycles. The Balaban J connectivity index is 1.41. The van der Waals surface area contributed by atoms with Crippen molar-refractivity contribution >= 4 is 34.9 Å². The van der Waals surface area contributed by atoms with Gasteiger partial charge in [0.25, 0.3) is 0 Å².